The Hall–Kier alpha value is -1.48. The van der Waals surface area contributed by atoms with Gasteiger partial charge < -0.3 is 19.7 Å². The number of aryl methyl sites for hydroxylation is 1. The lowest BCUT2D eigenvalue weighted by molar-refractivity contribution is 0.0838. The lowest BCUT2D eigenvalue weighted by Gasteiger charge is -2.28. The summed E-state index contributed by atoms with van der Waals surface area (Å²) in [6.45, 7) is 7.38. The highest BCUT2D eigenvalue weighted by atomic mass is 16.5. The Kier molecular flexibility index (Phi) is 5.50. The van der Waals surface area contributed by atoms with Crippen LogP contribution in [0.5, 0.6) is 0 Å². The van der Waals surface area contributed by atoms with Gasteiger partial charge in [-0.3, -0.25) is 14.3 Å². The highest BCUT2D eigenvalue weighted by Gasteiger charge is 2.32. The maximum atomic E-state index is 11.9. The zero-order valence-corrected chi connectivity index (χ0v) is 14.1. The van der Waals surface area contributed by atoms with Crippen molar-refractivity contribution in [2.45, 2.75) is 32.0 Å². The van der Waals surface area contributed by atoms with Crippen LogP contribution in [0.3, 0.4) is 0 Å². The van der Waals surface area contributed by atoms with E-state index in [4.69, 9.17) is 4.74 Å². The van der Waals surface area contributed by atoms with Crippen LogP contribution in [0, 0.1) is 6.92 Å². The second-order valence-electron chi connectivity index (χ2n) is 6.65. The van der Waals surface area contributed by atoms with E-state index in [1.807, 2.05) is 0 Å². The summed E-state index contributed by atoms with van der Waals surface area (Å²) < 4.78 is 6.60. The quantitative estimate of drug-likeness (QED) is 0.703. The molecular formula is C16H26N4O4. The molecule has 1 aromatic heterocycles. The molecule has 2 fully saturated rings. The molecule has 134 valence electrons. The van der Waals surface area contributed by atoms with Crippen LogP contribution in [0.4, 0.5) is 0 Å². The van der Waals surface area contributed by atoms with Crippen molar-refractivity contribution in [2.75, 3.05) is 45.9 Å². The molecule has 3 heterocycles. The second kappa shape index (κ2) is 7.60. The molecule has 2 saturated heterocycles. The molecule has 2 aliphatic heterocycles. The number of aliphatic hydroxyl groups excluding tert-OH is 1. The summed E-state index contributed by atoms with van der Waals surface area (Å²) in [5.41, 5.74) is -0.00870. The van der Waals surface area contributed by atoms with Crippen molar-refractivity contribution >= 4 is 0 Å². The van der Waals surface area contributed by atoms with E-state index in [-0.39, 0.29) is 17.3 Å². The molecule has 8 heteroatoms. The number of H-pyrrole nitrogens is 1. The van der Waals surface area contributed by atoms with Crippen LogP contribution >= 0.6 is 0 Å². The van der Waals surface area contributed by atoms with Gasteiger partial charge in [-0.2, -0.15) is 0 Å². The third-order valence-electron chi connectivity index (χ3n) is 4.91. The van der Waals surface area contributed by atoms with Crippen LogP contribution in [0.25, 0.3) is 0 Å². The second-order valence-corrected chi connectivity index (χ2v) is 6.65. The summed E-state index contributed by atoms with van der Waals surface area (Å²) in [6.07, 6.45) is 0.601. The van der Waals surface area contributed by atoms with E-state index in [9.17, 15) is 14.7 Å². The van der Waals surface area contributed by atoms with E-state index < -0.39 is 6.10 Å². The number of hydrogen-bond acceptors (Lipinski definition) is 6. The van der Waals surface area contributed by atoms with Gasteiger partial charge in [0.25, 0.3) is 5.56 Å². The number of aromatic nitrogens is 2. The Morgan fingerprint density at radius 3 is 2.75 bits per heavy atom. The van der Waals surface area contributed by atoms with Crippen molar-refractivity contribution in [1.82, 2.24) is 19.4 Å². The molecule has 0 saturated carbocycles. The van der Waals surface area contributed by atoms with Gasteiger partial charge in [0.1, 0.15) is 0 Å². The van der Waals surface area contributed by atoms with Crippen molar-refractivity contribution in [1.29, 1.82) is 0 Å². The topological polar surface area (TPSA) is 90.8 Å². The standard InChI is InChI=1S/C16H26N4O4/c1-12-9-15(22)20(16(23)17-12)8-6-18-3-2-4-19(7-5-18)13-10-24-11-14(13)21/h9,13-14,21H,2-8,10-11H2,1H3,(H,17,23)/t13-,14-/m1/s1. The molecule has 1 aromatic rings. The van der Waals surface area contributed by atoms with Crippen molar-refractivity contribution < 1.29 is 9.84 Å². The zero-order valence-electron chi connectivity index (χ0n) is 14.1. The Morgan fingerprint density at radius 1 is 1.21 bits per heavy atom. The molecule has 0 amide bonds. The predicted octanol–water partition coefficient (Wildman–Crippen LogP) is -1.39. The van der Waals surface area contributed by atoms with Crippen LogP contribution in [0.1, 0.15) is 12.1 Å². The SMILES string of the molecule is Cc1cc(=O)n(CCN2CCCN([C@@H]3COC[C@H]3O)CC2)c(=O)[nH]1. The fraction of sp³-hybridized carbons (Fsp3) is 0.750. The number of aliphatic hydroxyl groups is 1. The van der Waals surface area contributed by atoms with Gasteiger partial charge >= 0.3 is 5.69 Å². The van der Waals surface area contributed by atoms with E-state index >= 15 is 0 Å². The van der Waals surface area contributed by atoms with Crippen molar-refractivity contribution in [2.24, 2.45) is 0 Å². The van der Waals surface area contributed by atoms with Crippen LogP contribution in [0.2, 0.25) is 0 Å². The van der Waals surface area contributed by atoms with E-state index in [0.29, 0.717) is 32.0 Å². The normalized spacial score (nSPS) is 26.6. The summed E-state index contributed by atoms with van der Waals surface area (Å²) in [7, 11) is 0. The zero-order chi connectivity index (χ0) is 17.1. The summed E-state index contributed by atoms with van der Waals surface area (Å²) in [5, 5.41) is 9.98. The van der Waals surface area contributed by atoms with Gasteiger partial charge in [0.15, 0.2) is 0 Å². The average molecular weight is 338 g/mol. The van der Waals surface area contributed by atoms with Gasteiger partial charge in [0.2, 0.25) is 0 Å². The third-order valence-corrected chi connectivity index (χ3v) is 4.91. The molecule has 3 rings (SSSR count). The highest BCUT2D eigenvalue weighted by Crippen LogP contribution is 2.15. The van der Waals surface area contributed by atoms with E-state index in [2.05, 4.69) is 14.8 Å². The Bertz CT molecular complexity index is 640. The third kappa shape index (κ3) is 3.94. The van der Waals surface area contributed by atoms with Gasteiger partial charge in [0, 0.05) is 37.9 Å². The van der Waals surface area contributed by atoms with Crippen molar-refractivity contribution in [3.8, 4) is 0 Å². The number of ether oxygens (including phenoxy) is 1. The maximum absolute atomic E-state index is 11.9. The largest absolute Gasteiger partial charge is 0.389 e. The minimum Gasteiger partial charge on any atom is -0.389 e. The van der Waals surface area contributed by atoms with Gasteiger partial charge in [-0.15, -0.1) is 0 Å². The first-order valence-electron chi connectivity index (χ1n) is 8.57. The van der Waals surface area contributed by atoms with Crippen LogP contribution in [0.15, 0.2) is 15.7 Å². The number of rotatable bonds is 4. The Morgan fingerprint density at radius 2 is 2.04 bits per heavy atom. The van der Waals surface area contributed by atoms with Crippen LogP contribution in [-0.2, 0) is 11.3 Å². The number of aromatic amines is 1. The molecule has 0 bridgehead atoms. The summed E-state index contributed by atoms with van der Waals surface area (Å²) in [4.78, 5) is 31.1. The van der Waals surface area contributed by atoms with Crippen LogP contribution in [-0.4, -0.2) is 82.5 Å². The minimum absolute atomic E-state index is 0.0903. The highest BCUT2D eigenvalue weighted by molar-refractivity contribution is 4.96. The number of nitrogens with one attached hydrogen (secondary N) is 1. The summed E-state index contributed by atoms with van der Waals surface area (Å²) in [6, 6.07) is 1.54. The Balaban J connectivity index is 1.56. The van der Waals surface area contributed by atoms with Gasteiger partial charge in [-0.25, -0.2) is 4.79 Å². The van der Waals surface area contributed by atoms with Crippen molar-refractivity contribution in [3.05, 3.63) is 32.6 Å². The number of hydrogen-bond donors (Lipinski definition) is 2. The first-order chi connectivity index (χ1) is 11.5. The lowest BCUT2D eigenvalue weighted by Crippen LogP contribution is -2.45. The monoisotopic (exact) mass is 338 g/mol. The minimum atomic E-state index is -0.402. The number of nitrogens with zero attached hydrogens (tertiary/aromatic N) is 3. The molecule has 0 unspecified atom stereocenters. The summed E-state index contributed by atoms with van der Waals surface area (Å²) >= 11 is 0. The molecule has 0 aromatic carbocycles. The van der Waals surface area contributed by atoms with Gasteiger partial charge in [-0.05, 0) is 26.4 Å². The fourth-order valence-electron chi connectivity index (χ4n) is 3.52. The molecule has 8 nitrogen and oxygen atoms in total. The van der Waals surface area contributed by atoms with E-state index in [1.54, 1.807) is 6.92 Å². The van der Waals surface area contributed by atoms with E-state index in [1.165, 1.54) is 10.6 Å². The molecule has 24 heavy (non-hydrogen) atoms. The predicted molar refractivity (Wildman–Crippen MR) is 89.3 cm³/mol. The Labute approximate surface area is 140 Å². The average Bonchev–Trinajstić information content (AvgIpc) is 2.81. The lowest BCUT2D eigenvalue weighted by atomic mass is 10.2. The van der Waals surface area contributed by atoms with Crippen LogP contribution < -0.4 is 11.2 Å². The van der Waals surface area contributed by atoms with Gasteiger partial charge in [-0.1, -0.05) is 0 Å². The molecular weight excluding hydrogens is 312 g/mol. The molecule has 2 atom stereocenters. The van der Waals surface area contributed by atoms with Gasteiger partial charge in [0.05, 0.1) is 25.4 Å². The molecule has 0 radical (unpaired) electrons. The van der Waals surface area contributed by atoms with E-state index in [0.717, 1.165) is 32.6 Å². The molecule has 2 N–H and O–H groups in total. The van der Waals surface area contributed by atoms with Crippen molar-refractivity contribution in [3.63, 3.8) is 0 Å². The molecule has 2 aliphatic rings. The molecule has 0 aliphatic carbocycles. The summed E-state index contributed by atoms with van der Waals surface area (Å²) in [5.74, 6) is 0. The maximum Gasteiger partial charge on any atom is 0.328 e. The first kappa shape index (κ1) is 17.3. The molecule has 0 spiro atoms. The fourth-order valence-corrected chi connectivity index (χ4v) is 3.52. The first-order valence-corrected chi connectivity index (χ1v) is 8.57. The smallest absolute Gasteiger partial charge is 0.328 e.